The van der Waals surface area contributed by atoms with Crippen LogP contribution in [0.5, 0.6) is 0 Å². The second-order valence-corrected chi connectivity index (χ2v) is 7.84. The molecular weight excluding hydrogens is 352 g/mol. The minimum Gasteiger partial charge on any atom is -0.369 e. The van der Waals surface area contributed by atoms with Gasteiger partial charge in [-0.25, -0.2) is 0 Å². The second-order valence-electron chi connectivity index (χ2n) is 7.84. The summed E-state index contributed by atoms with van der Waals surface area (Å²) in [5.74, 6) is 0. The molecule has 4 rings (SSSR count). The van der Waals surface area contributed by atoms with Gasteiger partial charge in [-0.05, 0) is 44.0 Å². The number of piperidine rings is 1. The van der Waals surface area contributed by atoms with E-state index in [1.165, 1.54) is 5.56 Å². The van der Waals surface area contributed by atoms with Gasteiger partial charge in [0, 0.05) is 44.5 Å². The molecule has 2 aromatic carbocycles. The molecule has 2 aliphatic rings. The number of hydrogen-bond donors (Lipinski definition) is 0. The average Bonchev–Trinajstić information content (AvgIpc) is 2.74. The molecule has 2 aromatic rings. The summed E-state index contributed by atoms with van der Waals surface area (Å²) < 4.78 is 0. The highest BCUT2D eigenvalue weighted by Crippen LogP contribution is 2.41. The lowest BCUT2D eigenvalue weighted by Gasteiger charge is -2.39. The van der Waals surface area contributed by atoms with Crippen LogP contribution in [0.4, 0.5) is 17.1 Å². The topological polar surface area (TPSA) is 52.9 Å². The lowest BCUT2D eigenvalue weighted by Crippen LogP contribution is -2.44. The number of nitro groups is 1. The Hall–Kier alpha value is -2.60. The van der Waals surface area contributed by atoms with Gasteiger partial charge in [0.2, 0.25) is 0 Å². The summed E-state index contributed by atoms with van der Waals surface area (Å²) >= 11 is 0. The Kier molecular flexibility index (Phi) is 5.48. The van der Waals surface area contributed by atoms with E-state index in [-0.39, 0.29) is 16.7 Å². The van der Waals surface area contributed by atoms with Gasteiger partial charge < -0.3 is 14.7 Å². The van der Waals surface area contributed by atoms with Gasteiger partial charge in [-0.3, -0.25) is 10.1 Å². The molecule has 0 spiro atoms. The van der Waals surface area contributed by atoms with Crippen LogP contribution in [-0.2, 0) is 0 Å². The molecule has 0 amide bonds. The SMILES string of the molecule is CN1CCN(c2ccc([N+](=O)[O-])c(N3CCCCC3c3ccccc3)c2)CC1. The van der Waals surface area contributed by atoms with Crippen LogP contribution in [0.15, 0.2) is 48.5 Å². The van der Waals surface area contributed by atoms with Crippen molar-refractivity contribution in [2.45, 2.75) is 25.3 Å². The number of piperazine rings is 1. The molecular formula is C22H28N4O2. The van der Waals surface area contributed by atoms with Crippen molar-refractivity contribution in [3.8, 4) is 0 Å². The Balaban J connectivity index is 1.71. The number of rotatable bonds is 4. The molecule has 6 nitrogen and oxygen atoms in total. The standard InChI is InChI=1S/C22H28N4O2/c1-23-13-15-24(16-14-23)19-10-11-21(26(27)28)22(17-19)25-12-6-5-9-20(25)18-7-3-2-4-8-18/h2-4,7-8,10-11,17,20H,5-6,9,12-16H2,1H3. The van der Waals surface area contributed by atoms with Crippen molar-refractivity contribution >= 4 is 17.1 Å². The van der Waals surface area contributed by atoms with Crippen molar-refractivity contribution in [2.75, 3.05) is 49.6 Å². The lowest BCUT2D eigenvalue weighted by atomic mass is 9.94. The van der Waals surface area contributed by atoms with Crippen LogP contribution >= 0.6 is 0 Å². The van der Waals surface area contributed by atoms with Gasteiger partial charge in [0.1, 0.15) is 5.69 Å². The maximum Gasteiger partial charge on any atom is 0.292 e. The fourth-order valence-corrected chi connectivity index (χ4v) is 4.40. The molecule has 0 aliphatic carbocycles. The van der Waals surface area contributed by atoms with Crippen molar-refractivity contribution < 1.29 is 4.92 Å². The van der Waals surface area contributed by atoms with Gasteiger partial charge in [0.15, 0.2) is 0 Å². The minimum absolute atomic E-state index is 0.191. The normalized spacial score (nSPS) is 21.0. The van der Waals surface area contributed by atoms with Gasteiger partial charge in [-0.2, -0.15) is 0 Å². The maximum atomic E-state index is 11.8. The molecule has 1 atom stereocenters. The summed E-state index contributed by atoms with van der Waals surface area (Å²) in [6.07, 6.45) is 3.25. The van der Waals surface area contributed by atoms with Gasteiger partial charge in [-0.15, -0.1) is 0 Å². The third kappa shape index (κ3) is 3.83. The van der Waals surface area contributed by atoms with Crippen molar-refractivity contribution in [2.24, 2.45) is 0 Å². The second kappa shape index (κ2) is 8.19. The first-order valence-electron chi connectivity index (χ1n) is 10.2. The van der Waals surface area contributed by atoms with Crippen molar-refractivity contribution in [3.63, 3.8) is 0 Å². The fourth-order valence-electron chi connectivity index (χ4n) is 4.40. The van der Waals surface area contributed by atoms with E-state index >= 15 is 0 Å². The van der Waals surface area contributed by atoms with Gasteiger partial charge in [0.25, 0.3) is 5.69 Å². The summed E-state index contributed by atoms with van der Waals surface area (Å²) in [5.41, 5.74) is 3.29. The van der Waals surface area contributed by atoms with E-state index in [0.29, 0.717) is 0 Å². The van der Waals surface area contributed by atoms with E-state index in [4.69, 9.17) is 0 Å². The number of nitro benzene ring substituents is 1. The molecule has 2 aliphatic heterocycles. The van der Waals surface area contributed by atoms with Crippen LogP contribution < -0.4 is 9.80 Å². The number of hydrogen-bond acceptors (Lipinski definition) is 5. The Labute approximate surface area is 166 Å². The van der Waals surface area contributed by atoms with Crippen molar-refractivity contribution in [1.82, 2.24) is 4.90 Å². The van der Waals surface area contributed by atoms with Gasteiger partial charge >= 0.3 is 0 Å². The smallest absolute Gasteiger partial charge is 0.292 e. The summed E-state index contributed by atoms with van der Waals surface area (Å²) in [5, 5.41) is 11.8. The quantitative estimate of drug-likeness (QED) is 0.591. The van der Waals surface area contributed by atoms with E-state index in [1.54, 1.807) is 6.07 Å². The zero-order valence-corrected chi connectivity index (χ0v) is 16.5. The van der Waals surface area contributed by atoms with Crippen LogP contribution in [0.2, 0.25) is 0 Å². The van der Waals surface area contributed by atoms with Gasteiger partial charge in [0.05, 0.1) is 11.0 Å². The Bertz CT molecular complexity index is 819. The van der Waals surface area contributed by atoms with Crippen molar-refractivity contribution in [3.05, 3.63) is 64.2 Å². The molecule has 148 valence electrons. The number of likely N-dealkylation sites (N-methyl/N-ethyl adjacent to an activating group) is 1. The van der Waals surface area contributed by atoms with E-state index in [2.05, 4.69) is 46.0 Å². The molecule has 1 unspecified atom stereocenters. The van der Waals surface area contributed by atoms with Crippen LogP contribution in [0.25, 0.3) is 0 Å². The van der Waals surface area contributed by atoms with Crippen LogP contribution in [0, 0.1) is 10.1 Å². The summed E-state index contributed by atoms with van der Waals surface area (Å²) in [7, 11) is 2.14. The summed E-state index contributed by atoms with van der Waals surface area (Å²) in [6, 6.07) is 16.2. The lowest BCUT2D eigenvalue weighted by molar-refractivity contribution is -0.384. The Morgan fingerprint density at radius 3 is 2.43 bits per heavy atom. The highest BCUT2D eigenvalue weighted by Gasteiger charge is 2.30. The number of anilines is 2. The maximum absolute atomic E-state index is 11.8. The molecule has 0 radical (unpaired) electrons. The molecule has 2 heterocycles. The third-order valence-electron chi connectivity index (χ3n) is 6.02. The average molecular weight is 380 g/mol. The summed E-state index contributed by atoms with van der Waals surface area (Å²) in [6.45, 7) is 4.80. The van der Waals surface area contributed by atoms with Crippen LogP contribution in [0.3, 0.4) is 0 Å². The predicted octanol–water partition coefficient (Wildman–Crippen LogP) is 4.08. The summed E-state index contributed by atoms with van der Waals surface area (Å²) in [4.78, 5) is 18.5. The van der Waals surface area contributed by atoms with E-state index < -0.39 is 0 Å². The van der Waals surface area contributed by atoms with E-state index in [0.717, 1.165) is 63.4 Å². The molecule has 6 heteroatoms. The van der Waals surface area contributed by atoms with E-state index in [1.807, 2.05) is 18.2 Å². The van der Waals surface area contributed by atoms with Gasteiger partial charge in [-0.1, -0.05) is 30.3 Å². The first-order valence-corrected chi connectivity index (χ1v) is 10.2. The molecule has 0 bridgehead atoms. The molecule has 0 saturated carbocycles. The zero-order chi connectivity index (χ0) is 19.5. The van der Waals surface area contributed by atoms with Crippen LogP contribution in [0.1, 0.15) is 30.9 Å². The molecule has 2 saturated heterocycles. The Morgan fingerprint density at radius 1 is 0.964 bits per heavy atom. The highest BCUT2D eigenvalue weighted by molar-refractivity contribution is 5.71. The molecule has 28 heavy (non-hydrogen) atoms. The molecule has 2 fully saturated rings. The molecule has 0 N–H and O–H groups in total. The largest absolute Gasteiger partial charge is 0.369 e. The highest BCUT2D eigenvalue weighted by atomic mass is 16.6. The fraction of sp³-hybridized carbons (Fsp3) is 0.455. The predicted molar refractivity (Wildman–Crippen MR) is 113 cm³/mol. The monoisotopic (exact) mass is 380 g/mol. The van der Waals surface area contributed by atoms with Crippen molar-refractivity contribution in [1.29, 1.82) is 0 Å². The molecule has 0 aromatic heterocycles. The first kappa shape index (κ1) is 18.7. The van der Waals surface area contributed by atoms with Crippen LogP contribution in [-0.4, -0.2) is 49.6 Å². The minimum atomic E-state index is -0.236. The number of nitrogens with zero attached hydrogens (tertiary/aromatic N) is 4. The third-order valence-corrected chi connectivity index (χ3v) is 6.02. The van der Waals surface area contributed by atoms with E-state index in [9.17, 15) is 10.1 Å². The zero-order valence-electron chi connectivity index (χ0n) is 16.5. The first-order chi connectivity index (χ1) is 13.6. The Morgan fingerprint density at radius 2 is 1.71 bits per heavy atom. The number of benzene rings is 2.